The van der Waals surface area contributed by atoms with Crippen LogP contribution in [0.4, 0.5) is 0 Å². The molecule has 0 aliphatic heterocycles. The summed E-state index contributed by atoms with van der Waals surface area (Å²) in [6, 6.07) is 0. The monoisotopic (exact) mass is 138 g/mol. The largest absolute Gasteiger partial charge is 0.392 e. The van der Waals surface area contributed by atoms with Crippen LogP contribution in [0.2, 0.25) is 0 Å². The Labute approximate surface area is 54.9 Å². The zero-order valence-corrected chi connectivity index (χ0v) is 5.99. The van der Waals surface area contributed by atoms with Crippen LogP contribution >= 0.6 is 25.3 Å². The van der Waals surface area contributed by atoms with Gasteiger partial charge in [0.2, 0.25) is 0 Å². The maximum Gasteiger partial charge on any atom is 0.0636 e. The molecule has 0 aliphatic rings. The van der Waals surface area contributed by atoms with Crippen molar-refractivity contribution in [2.24, 2.45) is 0 Å². The molecular weight excluding hydrogens is 128 g/mol. The van der Waals surface area contributed by atoms with Crippen LogP contribution in [0.15, 0.2) is 0 Å². The molecule has 0 spiro atoms. The van der Waals surface area contributed by atoms with Crippen molar-refractivity contribution in [3.8, 4) is 0 Å². The van der Waals surface area contributed by atoms with Crippen LogP contribution in [-0.2, 0) is 0 Å². The van der Waals surface area contributed by atoms with Gasteiger partial charge in [-0.3, -0.25) is 0 Å². The third-order valence-electron chi connectivity index (χ3n) is 0.744. The van der Waals surface area contributed by atoms with Crippen LogP contribution in [0, 0.1) is 0 Å². The predicted molar refractivity (Wildman–Crippen MR) is 38.3 cm³/mol. The minimum Gasteiger partial charge on any atom is -0.392 e. The highest BCUT2D eigenvalue weighted by atomic mass is 32.1. The first-order chi connectivity index (χ1) is 3.18. The van der Waals surface area contributed by atoms with E-state index in [2.05, 4.69) is 25.3 Å². The highest BCUT2D eigenvalue weighted by Gasteiger charge is 2.04. The minimum atomic E-state index is -0.346. The van der Waals surface area contributed by atoms with E-state index in [4.69, 9.17) is 5.11 Å². The third kappa shape index (κ3) is 3.26. The highest BCUT2D eigenvalue weighted by molar-refractivity contribution is 7.84. The van der Waals surface area contributed by atoms with Crippen molar-refractivity contribution < 1.29 is 5.11 Å². The van der Waals surface area contributed by atoms with E-state index in [9.17, 15) is 0 Å². The van der Waals surface area contributed by atoms with Gasteiger partial charge in [-0.1, -0.05) is 0 Å². The molecule has 0 aromatic carbocycles. The second kappa shape index (κ2) is 3.64. The van der Waals surface area contributed by atoms with Crippen LogP contribution in [0.5, 0.6) is 0 Å². The highest BCUT2D eigenvalue weighted by Crippen LogP contribution is 2.01. The van der Waals surface area contributed by atoms with Crippen molar-refractivity contribution >= 4 is 25.3 Å². The van der Waals surface area contributed by atoms with Crippen molar-refractivity contribution in [1.29, 1.82) is 0 Å². The van der Waals surface area contributed by atoms with Gasteiger partial charge in [-0.25, -0.2) is 0 Å². The zero-order valence-electron chi connectivity index (χ0n) is 4.20. The number of thiol groups is 2. The van der Waals surface area contributed by atoms with Crippen LogP contribution < -0.4 is 0 Å². The van der Waals surface area contributed by atoms with Gasteiger partial charge >= 0.3 is 0 Å². The van der Waals surface area contributed by atoms with E-state index in [1.165, 1.54) is 0 Å². The van der Waals surface area contributed by atoms with E-state index in [-0.39, 0.29) is 11.4 Å². The van der Waals surface area contributed by atoms with E-state index >= 15 is 0 Å². The van der Waals surface area contributed by atoms with Gasteiger partial charge in [0.05, 0.1) is 6.10 Å². The first-order valence-electron chi connectivity index (χ1n) is 2.15. The summed E-state index contributed by atoms with van der Waals surface area (Å²) in [5, 5.41) is 8.71. The summed E-state index contributed by atoms with van der Waals surface area (Å²) in [7, 11) is 0. The number of hydrogen-bond donors (Lipinski definition) is 3. The topological polar surface area (TPSA) is 20.2 Å². The Morgan fingerprint density at radius 3 is 2.14 bits per heavy atom. The maximum absolute atomic E-state index is 8.70. The summed E-state index contributed by atoms with van der Waals surface area (Å²) in [5.41, 5.74) is 0. The van der Waals surface area contributed by atoms with E-state index in [1.54, 1.807) is 6.92 Å². The van der Waals surface area contributed by atoms with Gasteiger partial charge in [-0.2, -0.15) is 25.3 Å². The molecule has 0 radical (unpaired) electrons. The Morgan fingerprint density at radius 2 is 2.14 bits per heavy atom. The molecule has 1 nitrogen and oxygen atoms in total. The molecule has 0 bridgehead atoms. The molecule has 0 rings (SSSR count). The van der Waals surface area contributed by atoms with Gasteiger partial charge < -0.3 is 5.11 Å². The number of aliphatic hydroxyl groups excluding tert-OH is 1. The van der Waals surface area contributed by atoms with Crippen molar-refractivity contribution in [3.05, 3.63) is 0 Å². The lowest BCUT2D eigenvalue weighted by Gasteiger charge is -2.08. The van der Waals surface area contributed by atoms with Crippen LogP contribution in [0.1, 0.15) is 6.92 Å². The molecule has 0 aliphatic carbocycles. The second-order valence-electron chi connectivity index (χ2n) is 1.49. The second-order valence-corrected chi connectivity index (χ2v) is 2.52. The molecule has 2 atom stereocenters. The van der Waals surface area contributed by atoms with Gasteiger partial charge in [0.15, 0.2) is 0 Å². The lowest BCUT2D eigenvalue weighted by atomic mass is 10.3. The smallest absolute Gasteiger partial charge is 0.0636 e. The Hall–Kier alpha value is 0.660. The zero-order chi connectivity index (χ0) is 5.86. The van der Waals surface area contributed by atoms with Crippen LogP contribution in [0.25, 0.3) is 0 Å². The number of rotatable bonds is 2. The fourth-order valence-electron chi connectivity index (χ4n) is 0.153. The predicted octanol–water partition coefficient (Wildman–Crippen LogP) is 0.595. The SMILES string of the molecule is CC(O)C(S)CS. The average Bonchev–Trinajstić information content (AvgIpc) is 1.65. The fourth-order valence-corrected chi connectivity index (χ4v) is 0.458. The van der Waals surface area contributed by atoms with Crippen LogP contribution in [0.3, 0.4) is 0 Å². The van der Waals surface area contributed by atoms with Crippen molar-refractivity contribution in [3.63, 3.8) is 0 Å². The molecule has 7 heavy (non-hydrogen) atoms. The molecule has 0 saturated carbocycles. The molecule has 0 fully saturated rings. The molecule has 3 heteroatoms. The van der Waals surface area contributed by atoms with Crippen molar-refractivity contribution in [2.75, 3.05) is 5.75 Å². The third-order valence-corrected chi connectivity index (χ3v) is 2.04. The van der Waals surface area contributed by atoms with E-state index < -0.39 is 0 Å². The summed E-state index contributed by atoms with van der Waals surface area (Å²) < 4.78 is 0. The molecule has 0 aromatic heterocycles. The fraction of sp³-hybridized carbons (Fsp3) is 1.00. The molecule has 0 amide bonds. The van der Waals surface area contributed by atoms with Gasteiger partial charge in [-0.05, 0) is 6.92 Å². The Balaban J connectivity index is 3.14. The average molecular weight is 138 g/mol. The molecule has 0 aromatic rings. The lowest BCUT2D eigenvalue weighted by molar-refractivity contribution is 0.198. The summed E-state index contributed by atoms with van der Waals surface area (Å²) in [4.78, 5) is 0. The molecule has 2 unspecified atom stereocenters. The van der Waals surface area contributed by atoms with Crippen molar-refractivity contribution in [2.45, 2.75) is 18.3 Å². The quantitative estimate of drug-likeness (QED) is 0.477. The minimum absolute atomic E-state index is 0.0170. The van der Waals surface area contributed by atoms with Crippen molar-refractivity contribution in [1.82, 2.24) is 0 Å². The normalized spacial score (nSPS) is 18.9. The Morgan fingerprint density at radius 1 is 1.71 bits per heavy atom. The first kappa shape index (κ1) is 7.66. The molecule has 0 saturated heterocycles. The first-order valence-corrected chi connectivity index (χ1v) is 3.30. The van der Waals surface area contributed by atoms with Gasteiger partial charge in [-0.15, -0.1) is 0 Å². The van der Waals surface area contributed by atoms with E-state index in [1.807, 2.05) is 0 Å². The van der Waals surface area contributed by atoms with Gasteiger partial charge in [0, 0.05) is 11.0 Å². The summed E-state index contributed by atoms with van der Waals surface area (Å²) in [5.74, 6) is 0.626. The Kier molecular flexibility index (Phi) is 3.98. The number of aliphatic hydroxyl groups is 1. The lowest BCUT2D eigenvalue weighted by Crippen LogP contribution is -2.17. The summed E-state index contributed by atoms with van der Waals surface area (Å²) in [6.07, 6.45) is -0.346. The Bertz CT molecular complexity index is 47.0. The standard InChI is InChI=1S/C4H10OS2/c1-3(5)4(7)2-6/h3-7H,2H2,1H3. The van der Waals surface area contributed by atoms with Gasteiger partial charge in [0.25, 0.3) is 0 Å². The maximum atomic E-state index is 8.70. The molecule has 1 N–H and O–H groups in total. The summed E-state index contributed by atoms with van der Waals surface area (Å²) in [6.45, 7) is 1.70. The van der Waals surface area contributed by atoms with Gasteiger partial charge in [0.1, 0.15) is 0 Å². The van der Waals surface area contributed by atoms with E-state index in [0.29, 0.717) is 5.75 Å². The molecule has 44 valence electrons. The molecular formula is C4H10OS2. The summed E-state index contributed by atoms with van der Waals surface area (Å²) >= 11 is 7.92. The van der Waals surface area contributed by atoms with E-state index in [0.717, 1.165) is 0 Å². The molecule has 0 heterocycles. The number of hydrogen-bond acceptors (Lipinski definition) is 3. The van der Waals surface area contributed by atoms with Crippen LogP contribution in [-0.4, -0.2) is 22.2 Å².